The lowest BCUT2D eigenvalue weighted by molar-refractivity contribution is 0.158. The van der Waals surface area contributed by atoms with Crippen molar-refractivity contribution in [3.05, 3.63) is 0 Å². The Morgan fingerprint density at radius 1 is 1.04 bits per heavy atom. The number of guanidine groups is 1. The van der Waals surface area contributed by atoms with Gasteiger partial charge in [-0.2, -0.15) is 0 Å². The lowest BCUT2D eigenvalue weighted by atomic mass is 10.0. The molecule has 2 N–H and O–H groups in total. The van der Waals surface area contributed by atoms with Crippen molar-refractivity contribution in [3.8, 4) is 0 Å². The van der Waals surface area contributed by atoms with Crippen LogP contribution < -0.4 is 10.6 Å². The van der Waals surface area contributed by atoms with Gasteiger partial charge in [-0.15, -0.1) is 24.0 Å². The van der Waals surface area contributed by atoms with Crippen LogP contribution in [0.15, 0.2) is 4.99 Å². The van der Waals surface area contributed by atoms with Gasteiger partial charge >= 0.3 is 0 Å². The molecule has 2 fully saturated rings. The third-order valence-electron chi connectivity index (χ3n) is 5.74. The van der Waals surface area contributed by atoms with E-state index in [1.165, 1.54) is 64.6 Å². The topological polar surface area (TPSA) is 42.9 Å². The van der Waals surface area contributed by atoms with E-state index >= 15 is 0 Å². The molecule has 25 heavy (non-hydrogen) atoms. The Hall–Kier alpha value is -0.0800. The maximum Gasteiger partial charge on any atom is 0.191 e. The highest BCUT2D eigenvalue weighted by Crippen LogP contribution is 2.17. The number of likely N-dealkylation sites (N-methyl/N-ethyl adjacent to an activating group) is 1. The zero-order chi connectivity index (χ0) is 17.2. The summed E-state index contributed by atoms with van der Waals surface area (Å²) in [6, 6.07) is 1.46. The zero-order valence-corrected chi connectivity index (χ0v) is 18.9. The molecule has 2 unspecified atom stereocenters. The summed E-state index contributed by atoms with van der Waals surface area (Å²) in [5.41, 5.74) is 0. The standard InChI is InChI=1S/C19H39N5.HI/c1-4-23-15-9-11-18(23)16-22-19(20-3)21-12-6-8-14-24-13-7-5-10-17(24)2;/h17-18H,4-16H2,1-3H3,(H2,20,21,22);1H. The van der Waals surface area contributed by atoms with Gasteiger partial charge in [0.25, 0.3) is 0 Å². The Bertz CT molecular complexity index is 377. The van der Waals surface area contributed by atoms with Gasteiger partial charge in [0.2, 0.25) is 0 Å². The maximum atomic E-state index is 4.36. The number of aliphatic imine (C=N–C) groups is 1. The molecule has 0 aliphatic carbocycles. The molecule has 0 spiro atoms. The summed E-state index contributed by atoms with van der Waals surface area (Å²) >= 11 is 0. The minimum Gasteiger partial charge on any atom is -0.356 e. The highest BCUT2D eigenvalue weighted by molar-refractivity contribution is 14.0. The normalized spacial score (nSPS) is 25.6. The van der Waals surface area contributed by atoms with Crippen molar-refractivity contribution >= 4 is 29.9 Å². The summed E-state index contributed by atoms with van der Waals surface area (Å²) in [6.07, 6.45) is 9.32. The molecule has 0 bridgehead atoms. The van der Waals surface area contributed by atoms with Crippen LogP contribution in [0.1, 0.15) is 58.8 Å². The van der Waals surface area contributed by atoms with Crippen LogP contribution in [0.4, 0.5) is 0 Å². The van der Waals surface area contributed by atoms with Crippen LogP contribution in [-0.4, -0.2) is 74.2 Å². The number of halogens is 1. The van der Waals surface area contributed by atoms with Crippen molar-refractivity contribution in [1.82, 2.24) is 20.4 Å². The Morgan fingerprint density at radius 2 is 1.84 bits per heavy atom. The predicted octanol–water partition coefficient (Wildman–Crippen LogP) is 2.91. The zero-order valence-electron chi connectivity index (χ0n) is 16.6. The molecule has 2 atom stereocenters. The molecule has 2 rings (SSSR count). The van der Waals surface area contributed by atoms with Crippen LogP contribution in [0.2, 0.25) is 0 Å². The fraction of sp³-hybridized carbons (Fsp3) is 0.947. The van der Waals surface area contributed by atoms with E-state index in [1.807, 2.05) is 7.05 Å². The summed E-state index contributed by atoms with van der Waals surface area (Å²) in [5, 5.41) is 6.99. The number of hydrogen-bond acceptors (Lipinski definition) is 3. The number of hydrogen-bond donors (Lipinski definition) is 2. The van der Waals surface area contributed by atoms with Crippen molar-refractivity contribution in [2.24, 2.45) is 4.99 Å². The summed E-state index contributed by atoms with van der Waals surface area (Å²) in [6.45, 7) is 11.6. The molecule has 0 amide bonds. The summed E-state index contributed by atoms with van der Waals surface area (Å²) in [7, 11) is 1.87. The predicted molar refractivity (Wildman–Crippen MR) is 119 cm³/mol. The molecular weight excluding hydrogens is 425 g/mol. The van der Waals surface area contributed by atoms with Gasteiger partial charge in [0, 0.05) is 32.2 Å². The second-order valence-corrected chi connectivity index (χ2v) is 7.39. The van der Waals surface area contributed by atoms with Crippen molar-refractivity contribution in [2.45, 2.75) is 70.9 Å². The molecule has 0 aromatic rings. The third kappa shape index (κ3) is 7.99. The van der Waals surface area contributed by atoms with E-state index < -0.39 is 0 Å². The Labute approximate surface area is 172 Å². The van der Waals surface area contributed by atoms with E-state index in [1.54, 1.807) is 0 Å². The summed E-state index contributed by atoms with van der Waals surface area (Å²) in [4.78, 5) is 9.60. The second kappa shape index (κ2) is 13.1. The quantitative estimate of drug-likeness (QED) is 0.251. The SMILES string of the molecule is CCN1CCCC1CNC(=NC)NCCCCN1CCCCC1C.I. The molecular formula is C19H40IN5. The maximum absolute atomic E-state index is 4.36. The number of nitrogens with one attached hydrogen (secondary N) is 2. The number of rotatable bonds is 8. The van der Waals surface area contributed by atoms with E-state index in [4.69, 9.17) is 0 Å². The number of unbranched alkanes of at least 4 members (excludes halogenated alkanes) is 1. The largest absolute Gasteiger partial charge is 0.356 e. The highest BCUT2D eigenvalue weighted by Gasteiger charge is 2.22. The van der Waals surface area contributed by atoms with Crippen LogP contribution >= 0.6 is 24.0 Å². The first-order valence-electron chi connectivity index (χ1n) is 10.2. The number of likely N-dealkylation sites (tertiary alicyclic amines) is 2. The summed E-state index contributed by atoms with van der Waals surface area (Å²) < 4.78 is 0. The van der Waals surface area contributed by atoms with Crippen molar-refractivity contribution in [2.75, 3.05) is 46.3 Å². The average Bonchev–Trinajstić information content (AvgIpc) is 3.06. The molecule has 2 saturated heterocycles. The van der Waals surface area contributed by atoms with E-state index in [-0.39, 0.29) is 24.0 Å². The first-order valence-corrected chi connectivity index (χ1v) is 10.2. The van der Waals surface area contributed by atoms with Gasteiger partial charge in [-0.25, -0.2) is 0 Å². The molecule has 6 heteroatoms. The summed E-state index contributed by atoms with van der Waals surface area (Å²) in [5.74, 6) is 0.962. The lowest BCUT2D eigenvalue weighted by Gasteiger charge is -2.33. The van der Waals surface area contributed by atoms with E-state index in [2.05, 4.69) is 39.3 Å². The molecule has 0 saturated carbocycles. The van der Waals surface area contributed by atoms with Crippen LogP contribution in [0, 0.1) is 0 Å². The van der Waals surface area contributed by atoms with E-state index in [0.717, 1.165) is 31.6 Å². The minimum absolute atomic E-state index is 0. The van der Waals surface area contributed by atoms with Crippen molar-refractivity contribution in [3.63, 3.8) is 0 Å². The first-order chi connectivity index (χ1) is 11.7. The molecule has 0 aromatic carbocycles. The highest BCUT2D eigenvalue weighted by atomic mass is 127. The van der Waals surface area contributed by atoms with Gasteiger partial charge in [-0.3, -0.25) is 9.89 Å². The Balaban J connectivity index is 0.00000312. The van der Waals surface area contributed by atoms with Crippen molar-refractivity contribution < 1.29 is 0 Å². The molecule has 0 radical (unpaired) electrons. The van der Waals surface area contributed by atoms with Crippen LogP contribution in [-0.2, 0) is 0 Å². The second-order valence-electron chi connectivity index (χ2n) is 7.39. The molecule has 0 aromatic heterocycles. The van der Waals surface area contributed by atoms with Gasteiger partial charge < -0.3 is 15.5 Å². The number of piperidine rings is 1. The molecule has 2 heterocycles. The smallest absolute Gasteiger partial charge is 0.191 e. The fourth-order valence-corrected chi connectivity index (χ4v) is 4.11. The first kappa shape index (κ1) is 23.0. The molecule has 2 aliphatic rings. The van der Waals surface area contributed by atoms with Crippen molar-refractivity contribution in [1.29, 1.82) is 0 Å². The average molecular weight is 465 g/mol. The van der Waals surface area contributed by atoms with Gasteiger partial charge in [-0.1, -0.05) is 13.3 Å². The molecule has 5 nitrogen and oxygen atoms in total. The van der Waals surface area contributed by atoms with Gasteiger partial charge in [0.1, 0.15) is 0 Å². The molecule has 2 aliphatic heterocycles. The van der Waals surface area contributed by atoms with Crippen LogP contribution in [0.25, 0.3) is 0 Å². The van der Waals surface area contributed by atoms with E-state index in [9.17, 15) is 0 Å². The van der Waals surface area contributed by atoms with E-state index in [0.29, 0.717) is 6.04 Å². The Morgan fingerprint density at radius 3 is 2.56 bits per heavy atom. The van der Waals surface area contributed by atoms with Gasteiger partial charge in [-0.05, 0) is 71.6 Å². The number of nitrogens with zero attached hydrogens (tertiary/aromatic N) is 3. The fourth-order valence-electron chi connectivity index (χ4n) is 4.11. The molecule has 148 valence electrons. The monoisotopic (exact) mass is 465 g/mol. The van der Waals surface area contributed by atoms with Gasteiger partial charge in [0.05, 0.1) is 0 Å². The third-order valence-corrected chi connectivity index (χ3v) is 5.74. The van der Waals surface area contributed by atoms with Gasteiger partial charge in [0.15, 0.2) is 5.96 Å². The Kier molecular flexibility index (Phi) is 12.1. The van der Waals surface area contributed by atoms with Crippen LogP contribution in [0.5, 0.6) is 0 Å². The lowest BCUT2D eigenvalue weighted by Crippen LogP contribution is -2.45. The minimum atomic E-state index is 0. The van der Waals surface area contributed by atoms with Crippen LogP contribution in [0.3, 0.4) is 0 Å².